The fourth-order valence-electron chi connectivity index (χ4n) is 2.64. The van der Waals surface area contributed by atoms with Gasteiger partial charge in [0.15, 0.2) is 6.10 Å². The van der Waals surface area contributed by atoms with Crippen LogP contribution >= 0.6 is 0 Å². The maximum atomic E-state index is 12.5. The first-order valence-electron chi connectivity index (χ1n) is 10.9. The normalized spacial score (nSPS) is 18.3. The Labute approximate surface area is 223 Å². The standard InChI is InChI=1S/C13H22F3NO.C9H15F3O2.5CH4/c1-4-12(2,3)11(18)17-10-7-5-9(6-8-10)13(14,15)16;1-5-8(3,4)7(13)14-6(2)9(10,11)12;;;;;/h9-10H,4-8H2,1-3H3,(H,17,18);6H,5H2,1-4H3;5*1H4. The number of halogens is 6. The molecule has 1 amide bonds. The van der Waals surface area contributed by atoms with Crippen molar-refractivity contribution in [3.05, 3.63) is 0 Å². The number of carbonyl (C=O) groups excluding carboxylic acids is 2. The monoisotopic (exact) mass is 557 g/mol. The maximum absolute atomic E-state index is 12.5. The summed E-state index contributed by atoms with van der Waals surface area (Å²) < 4.78 is 77.8. The van der Waals surface area contributed by atoms with Crippen molar-refractivity contribution < 1.29 is 40.7 Å². The molecule has 1 N–H and O–H groups in total. The van der Waals surface area contributed by atoms with Crippen molar-refractivity contribution in [2.75, 3.05) is 0 Å². The molecular weight excluding hydrogens is 500 g/mol. The number of alkyl halides is 6. The highest BCUT2D eigenvalue weighted by Crippen LogP contribution is 2.37. The molecule has 1 unspecified atom stereocenters. The van der Waals surface area contributed by atoms with Gasteiger partial charge in [0.05, 0.1) is 11.3 Å². The van der Waals surface area contributed by atoms with E-state index in [1.54, 1.807) is 20.8 Å². The zero-order valence-corrected chi connectivity index (χ0v) is 20.0. The fourth-order valence-corrected chi connectivity index (χ4v) is 2.64. The zero-order chi connectivity index (χ0) is 25.5. The molecule has 0 radical (unpaired) electrons. The predicted octanol–water partition coefficient (Wildman–Crippen LogP) is 9.76. The number of amides is 1. The topological polar surface area (TPSA) is 55.4 Å². The molecule has 1 atom stereocenters. The molecule has 4 nitrogen and oxygen atoms in total. The number of ether oxygens (including phenoxy) is 1. The van der Waals surface area contributed by atoms with Crippen LogP contribution < -0.4 is 5.32 Å². The second kappa shape index (κ2) is 18.7. The van der Waals surface area contributed by atoms with E-state index in [4.69, 9.17) is 0 Å². The van der Waals surface area contributed by atoms with Gasteiger partial charge in [0.2, 0.25) is 5.91 Å². The molecule has 1 fully saturated rings. The molecule has 0 aromatic carbocycles. The lowest BCUT2D eigenvalue weighted by atomic mass is 9.84. The Morgan fingerprint density at radius 1 is 0.784 bits per heavy atom. The highest BCUT2D eigenvalue weighted by Gasteiger charge is 2.42. The van der Waals surface area contributed by atoms with Crippen LogP contribution in [0.2, 0.25) is 0 Å². The average Bonchev–Trinajstić information content (AvgIpc) is 2.67. The summed E-state index contributed by atoms with van der Waals surface area (Å²) in [7, 11) is 0. The third-order valence-electron chi connectivity index (χ3n) is 6.21. The summed E-state index contributed by atoms with van der Waals surface area (Å²) in [6.07, 6.45) is -8.35. The van der Waals surface area contributed by atoms with Gasteiger partial charge in [0.25, 0.3) is 0 Å². The number of hydrogen-bond acceptors (Lipinski definition) is 3. The van der Waals surface area contributed by atoms with E-state index in [1.165, 1.54) is 0 Å². The molecule has 1 rings (SSSR count). The Bertz CT molecular complexity index is 608. The number of carbonyl (C=O) groups is 2. The van der Waals surface area contributed by atoms with E-state index in [0.717, 1.165) is 13.3 Å². The van der Waals surface area contributed by atoms with Crippen LogP contribution in [0.5, 0.6) is 0 Å². The maximum Gasteiger partial charge on any atom is 0.425 e. The first-order valence-corrected chi connectivity index (χ1v) is 10.9. The van der Waals surface area contributed by atoms with Gasteiger partial charge in [-0.1, -0.05) is 64.8 Å². The van der Waals surface area contributed by atoms with Crippen molar-refractivity contribution in [3.63, 3.8) is 0 Å². The van der Waals surface area contributed by atoms with E-state index >= 15 is 0 Å². The molecule has 0 bridgehead atoms. The third-order valence-corrected chi connectivity index (χ3v) is 6.21. The minimum atomic E-state index is -4.49. The number of nitrogens with one attached hydrogen (secondary N) is 1. The number of hydrogen-bond donors (Lipinski definition) is 1. The minimum Gasteiger partial charge on any atom is -0.453 e. The molecule has 1 saturated carbocycles. The van der Waals surface area contributed by atoms with E-state index < -0.39 is 41.2 Å². The molecular formula is C27H57F6NO3. The smallest absolute Gasteiger partial charge is 0.425 e. The Kier molecular flexibility index (Phi) is 24.6. The van der Waals surface area contributed by atoms with Gasteiger partial charge in [-0.25, -0.2) is 0 Å². The van der Waals surface area contributed by atoms with Gasteiger partial charge in [-0.3, -0.25) is 9.59 Å². The molecule has 0 aromatic rings. The van der Waals surface area contributed by atoms with E-state index in [2.05, 4.69) is 10.1 Å². The van der Waals surface area contributed by atoms with Gasteiger partial charge in [-0.05, 0) is 59.3 Å². The molecule has 37 heavy (non-hydrogen) atoms. The van der Waals surface area contributed by atoms with E-state index in [1.807, 2.05) is 20.8 Å². The summed E-state index contributed by atoms with van der Waals surface area (Å²) in [5, 5.41) is 2.88. The van der Waals surface area contributed by atoms with Gasteiger partial charge in [0.1, 0.15) is 0 Å². The summed E-state index contributed by atoms with van der Waals surface area (Å²) in [6, 6.07) is -0.0954. The number of esters is 1. The molecule has 0 aliphatic heterocycles. The summed E-state index contributed by atoms with van der Waals surface area (Å²) in [6.45, 7) is 11.3. The van der Waals surface area contributed by atoms with Crippen LogP contribution in [0, 0.1) is 16.7 Å². The summed E-state index contributed by atoms with van der Waals surface area (Å²) in [5.41, 5.74) is -1.31. The van der Waals surface area contributed by atoms with Gasteiger partial charge in [0, 0.05) is 11.5 Å². The second-order valence-corrected chi connectivity index (χ2v) is 9.63. The lowest BCUT2D eigenvalue weighted by Crippen LogP contribution is -2.45. The molecule has 0 heterocycles. The fraction of sp³-hybridized carbons (Fsp3) is 0.926. The van der Waals surface area contributed by atoms with Crippen LogP contribution in [-0.4, -0.2) is 36.4 Å². The number of rotatable bonds is 6. The van der Waals surface area contributed by atoms with Gasteiger partial charge in [-0.2, -0.15) is 26.3 Å². The zero-order valence-electron chi connectivity index (χ0n) is 20.0. The van der Waals surface area contributed by atoms with Crippen molar-refractivity contribution in [1.29, 1.82) is 0 Å². The molecule has 1 aliphatic rings. The second-order valence-electron chi connectivity index (χ2n) is 9.63. The largest absolute Gasteiger partial charge is 0.453 e. The van der Waals surface area contributed by atoms with Crippen LogP contribution in [0.1, 0.15) is 124 Å². The quantitative estimate of drug-likeness (QED) is 0.261. The SMILES string of the molecule is C.C.C.C.C.CCC(C)(C)C(=O)NC1CCC(C(F)(F)F)CC1.CCC(C)(C)C(=O)OC(C)C(F)(F)F. The highest BCUT2D eigenvalue weighted by molar-refractivity contribution is 5.82. The van der Waals surface area contributed by atoms with Crippen LogP contribution in [-0.2, 0) is 14.3 Å². The third kappa shape index (κ3) is 16.9. The summed E-state index contributed by atoms with van der Waals surface area (Å²) in [4.78, 5) is 23.1. The first-order chi connectivity index (χ1) is 14.3. The lowest BCUT2D eigenvalue weighted by molar-refractivity contribution is -0.221. The lowest BCUT2D eigenvalue weighted by Gasteiger charge is -2.32. The van der Waals surface area contributed by atoms with Crippen molar-refractivity contribution in [2.24, 2.45) is 16.7 Å². The molecule has 0 aromatic heterocycles. The summed E-state index contributed by atoms with van der Waals surface area (Å²) in [5.74, 6) is -2.06. The Morgan fingerprint density at radius 2 is 1.16 bits per heavy atom. The Balaban J connectivity index is -0.000000117. The van der Waals surface area contributed by atoms with Gasteiger partial charge < -0.3 is 10.1 Å². The van der Waals surface area contributed by atoms with Crippen LogP contribution in [0.25, 0.3) is 0 Å². The predicted molar refractivity (Wildman–Crippen MR) is 143 cm³/mol. The molecule has 10 heteroatoms. The first kappa shape index (κ1) is 48.6. The molecule has 230 valence electrons. The van der Waals surface area contributed by atoms with Crippen LogP contribution in [0.3, 0.4) is 0 Å². The minimum absolute atomic E-state index is 0. The average molecular weight is 558 g/mol. The van der Waals surface area contributed by atoms with Crippen LogP contribution in [0.15, 0.2) is 0 Å². The molecule has 0 spiro atoms. The van der Waals surface area contributed by atoms with Gasteiger partial charge in [-0.15, -0.1) is 0 Å². The van der Waals surface area contributed by atoms with Crippen molar-refractivity contribution in [2.45, 2.75) is 149 Å². The molecule has 1 aliphatic carbocycles. The van der Waals surface area contributed by atoms with E-state index in [9.17, 15) is 35.9 Å². The van der Waals surface area contributed by atoms with E-state index in [-0.39, 0.29) is 61.9 Å². The summed E-state index contributed by atoms with van der Waals surface area (Å²) >= 11 is 0. The Morgan fingerprint density at radius 3 is 1.46 bits per heavy atom. The van der Waals surface area contributed by atoms with Gasteiger partial charge >= 0.3 is 18.3 Å². The van der Waals surface area contributed by atoms with Crippen LogP contribution in [0.4, 0.5) is 26.3 Å². The highest BCUT2D eigenvalue weighted by atomic mass is 19.4. The van der Waals surface area contributed by atoms with Crippen molar-refractivity contribution >= 4 is 11.9 Å². The van der Waals surface area contributed by atoms with Crippen molar-refractivity contribution in [3.8, 4) is 0 Å². The van der Waals surface area contributed by atoms with E-state index in [0.29, 0.717) is 19.3 Å². The Hall–Kier alpha value is -1.48. The van der Waals surface area contributed by atoms with Crippen molar-refractivity contribution in [1.82, 2.24) is 5.32 Å². The molecule has 0 saturated heterocycles.